The molecule has 0 aromatic heterocycles. The topological polar surface area (TPSA) is 18.5 Å². The van der Waals surface area contributed by atoms with Gasteiger partial charge in [0.05, 0.1) is 13.2 Å². The zero-order valence-corrected chi connectivity index (χ0v) is 13.2. The summed E-state index contributed by atoms with van der Waals surface area (Å²) in [5.74, 6) is 1.88. The van der Waals surface area contributed by atoms with Crippen LogP contribution in [0.2, 0.25) is 0 Å². The fourth-order valence-electron chi connectivity index (χ4n) is 2.22. The van der Waals surface area contributed by atoms with Crippen molar-refractivity contribution in [3.05, 3.63) is 48.0 Å². The quantitative estimate of drug-likeness (QED) is 0.692. The van der Waals surface area contributed by atoms with Crippen LogP contribution in [0.4, 0.5) is 0 Å². The van der Waals surface area contributed by atoms with E-state index in [1.807, 2.05) is 18.2 Å². The van der Waals surface area contributed by atoms with Gasteiger partial charge in [-0.25, -0.2) is 0 Å². The van der Waals surface area contributed by atoms with Crippen LogP contribution in [0, 0.1) is 6.92 Å². The average molecular weight is 284 g/mol. The summed E-state index contributed by atoms with van der Waals surface area (Å²) in [6, 6.07) is 14.6. The minimum Gasteiger partial charge on any atom is -0.494 e. The molecule has 0 saturated heterocycles. The molecule has 0 fully saturated rings. The van der Waals surface area contributed by atoms with Gasteiger partial charge in [-0.3, -0.25) is 0 Å². The van der Waals surface area contributed by atoms with Crippen LogP contribution in [0.1, 0.15) is 32.3 Å². The normalized spacial score (nSPS) is 10.4. The number of hydrogen-bond donors (Lipinski definition) is 0. The molecule has 0 radical (unpaired) electrons. The van der Waals surface area contributed by atoms with Gasteiger partial charge in [-0.2, -0.15) is 0 Å². The number of ether oxygens (including phenoxy) is 2. The van der Waals surface area contributed by atoms with Crippen LogP contribution in [0.5, 0.6) is 11.5 Å². The van der Waals surface area contributed by atoms with Crippen molar-refractivity contribution >= 4 is 0 Å². The molecule has 0 aliphatic carbocycles. The zero-order chi connectivity index (χ0) is 15.1. The fraction of sp³-hybridized carbons (Fsp3) is 0.368. The SMILES string of the molecule is CCCOc1ccc(-c2ccc(OCCC)cc2C)cc1. The second kappa shape index (κ2) is 7.72. The number of benzene rings is 2. The smallest absolute Gasteiger partial charge is 0.119 e. The Bertz CT molecular complexity index is 558. The van der Waals surface area contributed by atoms with Crippen molar-refractivity contribution < 1.29 is 9.47 Å². The lowest BCUT2D eigenvalue weighted by molar-refractivity contribution is 0.317. The predicted molar refractivity (Wildman–Crippen MR) is 88.2 cm³/mol. The van der Waals surface area contributed by atoms with E-state index in [-0.39, 0.29) is 0 Å². The molecule has 0 saturated carbocycles. The van der Waals surface area contributed by atoms with Crippen LogP contribution in [0.3, 0.4) is 0 Å². The molecule has 2 heteroatoms. The highest BCUT2D eigenvalue weighted by Gasteiger charge is 2.04. The van der Waals surface area contributed by atoms with Gasteiger partial charge in [0.2, 0.25) is 0 Å². The van der Waals surface area contributed by atoms with Crippen molar-refractivity contribution in [3.63, 3.8) is 0 Å². The molecule has 0 aliphatic heterocycles. The molecule has 0 unspecified atom stereocenters. The highest BCUT2D eigenvalue weighted by molar-refractivity contribution is 5.68. The molecule has 0 N–H and O–H groups in total. The second-order valence-electron chi connectivity index (χ2n) is 5.20. The molecule has 112 valence electrons. The summed E-state index contributed by atoms with van der Waals surface area (Å²) in [4.78, 5) is 0. The third kappa shape index (κ3) is 4.25. The van der Waals surface area contributed by atoms with Crippen molar-refractivity contribution in [1.29, 1.82) is 0 Å². The molecule has 2 nitrogen and oxygen atoms in total. The molecule has 0 heterocycles. The maximum atomic E-state index is 5.67. The molecule has 2 rings (SSSR count). The first-order valence-electron chi connectivity index (χ1n) is 7.71. The Balaban J connectivity index is 2.13. The molecule has 0 aliphatic rings. The highest BCUT2D eigenvalue weighted by atomic mass is 16.5. The van der Waals surface area contributed by atoms with E-state index >= 15 is 0 Å². The third-order valence-corrected chi connectivity index (χ3v) is 3.31. The Hall–Kier alpha value is -1.96. The molecule has 2 aromatic rings. The first kappa shape index (κ1) is 15.4. The summed E-state index contributed by atoms with van der Waals surface area (Å²) < 4.78 is 11.3. The summed E-state index contributed by atoms with van der Waals surface area (Å²) in [5.41, 5.74) is 3.67. The standard InChI is InChI=1S/C19H24O2/c1-4-12-20-17-8-6-16(7-9-17)19-11-10-18(14-15(19)3)21-13-5-2/h6-11,14H,4-5,12-13H2,1-3H3. The first-order chi connectivity index (χ1) is 10.2. The molecule has 0 spiro atoms. The summed E-state index contributed by atoms with van der Waals surface area (Å²) in [6.45, 7) is 7.88. The lowest BCUT2D eigenvalue weighted by Crippen LogP contribution is -1.96. The van der Waals surface area contributed by atoms with Gasteiger partial charge in [0, 0.05) is 0 Å². The molecule has 2 aromatic carbocycles. The summed E-state index contributed by atoms with van der Waals surface area (Å²) in [6.07, 6.45) is 2.06. The summed E-state index contributed by atoms with van der Waals surface area (Å²) in [7, 11) is 0. The Morgan fingerprint density at radius 3 is 1.90 bits per heavy atom. The largest absolute Gasteiger partial charge is 0.494 e. The monoisotopic (exact) mass is 284 g/mol. The van der Waals surface area contributed by atoms with E-state index in [0.717, 1.165) is 37.6 Å². The minimum absolute atomic E-state index is 0.766. The van der Waals surface area contributed by atoms with Crippen molar-refractivity contribution in [2.75, 3.05) is 13.2 Å². The molecule has 21 heavy (non-hydrogen) atoms. The second-order valence-corrected chi connectivity index (χ2v) is 5.20. The van der Waals surface area contributed by atoms with Gasteiger partial charge in [0.1, 0.15) is 11.5 Å². The van der Waals surface area contributed by atoms with E-state index < -0.39 is 0 Å². The lowest BCUT2D eigenvalue weighted by atomic mass is 10.0. The van der Waals surface area contributed by atoms with Gasteiger partial charge in [-0.05, 0) is 60.7 Å². The van der Waals surface area contributed by atoms with Gasteiger partial charge in [-0.1, -0.05) is 32.0 Å². The van der Waals surface area contributed by atoms with E-state index in [4.69, 9.17) is 9.47 Å². The van der Waals surface area contributed by atoms with Crippen molar-refractivity contribution in [2.24, 2.45) is 0 Å². The van der Waals surface area contributed by atoms with Crippen molar-refractivity contribution in [3.8, 4) is 22.6 Å². The predicted octanol–water partition coefficient (Wildman–Crippen LogP) is 5.24. The number of hydrogen-bond acceptors (Lipinski definition) is 2. The molecule has 0 atom stereocenters. The maximum Gasteiger partial charge on any atom is 0.119 e. The van der Waals surface area contributed by atoms with Crippen LogP contribution < -0.4 is 9.47 Å². The summed E-state index contributed by atoms with van der Waals surface area (Å²) in [5, 5.41) is 0. The first-order valence-corrected chi connectivity index (χ1v) is 7.71. The molecular weight excluding hydrogens is 260 g/mol. The maximum absolute atomic E-state index is 5.67. The van der Waals surface area contributed by atoms with Crippen LogP contribution in [0.15, 0.2) is 42.5 Å². The van der Waals surface area contributed by atoms with Gasteiger partial charge in [-0.15, -0.1) is 0 Å². The zero-order valence-electron chi connectivity index (χ0n) is 13.2. The summed E-state index contributed by atoms with van der Waals surface area (Å²) >= 11 is 0. The van der Waals surface area contributed by atoms with E-state index in [1.54, 1.807) is 0 Å². The van der Waals surface area contributed by atoms with E-state index in [1.165, 1.54) is 16.7 Å². The Kier molecular flexibility index (Phi) is 5.68. The van der Waals surface area contributed by atoms with Gasteiger partial charge < -0.3 is 9.47 Å². The van der Waals surface area contributed by atoms with E-state index in [9.17, 15) is 0 Å². The highest BCUT2D eigenvalue weighted by Crippen LogP contribution is 2.28. The fourth-order valence-corrected chi connectivity index (χ4v) is 2.22. The van der Waals surface area contributed by atoms with E-state index in [2.05, 4.69) is 45.0 Å². The Morgan fingerprint density at radius 1 is 0.762 bits per heavy atom. The van der Waals surface area contributed by atoms with Gasteiger partial charge in [0.25, 0.3) is 0 Å². The van der Waals surface area contributed by atoms with Crippen molar-refractivity contribution in [2.45, 2.75) is 33.6 Å². The Morgan fingerprint density at radius 2 is 1.33 bits per heavy atom. The van der Waals surface area contributed by atoms with Crippen LogP contribution in [-0.2, 0) is 0 Å². The number of aryl methyl sites for hydroxylation is 1. The molecule has 0 amide bonds. The average Bonchev–Trinajstić information content (AvgIpc) is 2.52. The van der Waals surface area contributed by atoms with Crippen LogP contribution in [0.25, 0.3) is 11.1 Å². The molecular formula is C19H24O2. The Labute approximate surface area is 127 Å². The van der Waals surface area contributed by atoms with Gasteiger partial charge >= 0.3 is 0 Å². The van der Waals surface area contributed by atoms with Crippen LogP contribution in [-0.4, -0.2) is 13.2 Å². The molecule has 0 bridgehead atoms. The number of rotatable bonds is 7. The lowest BCUT2D eigenvalue weighted by Gasteiger charge is -2.11. The third-order valence-electron chi connectivity index (χ3n) is 3.31. The van der Waals surface area contributed by atoms with Crippen molar-refractivity contribution in [1.82, 2.24) is 0 Å². The minimum atomic E-state index is 0.766. The van der Waals surface area contributed by atoms with Gasteiger partial charge in [0.15, 0.2) is 0 Å². The van der Waals surface area contributed by atoms with E-state index in [0.29, 0.717) is 0 Å². The van der Waals surface area contributed by atoms with Crippen LogP contribution >= 0.6 is 0 Å².